The highest BCUT2D eigenvalue weighted by Crippen LogP contribution is 2.04. The summed E-state index contributed by atoms with van der Waals surface area (Å²) in [4.78, 5) is 0. The second-order valence-electron chi connectivity index (χ2n) is 3.29. The average molecular weight is 185 g/mol. The second kappa shape index (κ2) is 3.92. The SMILES string of the molecule is Nc1ccc(C[n+]2ccccc2)cc1. The van der Waals surface area contributed by atoms with E-state index in [1.165, 1.54) is 5.56 Å². The summed E-state index contributed by atoms with van der Waals surface area (Å²) < 4.78 is 2.13. The molecule has 0 aliphatic heterocycles. The Hall–Kier alpha value is -1.83. The minimum Gasteiger partial charge on any atom is -0.399 e. The van der Waals surface area contributed by atoms with Crippen molar-refractivity contribution in [3.63, 3.8) is 0 Å². The lowest BCUT2D eigenvalue weighted by molar-refractivity contribution is -0.688. The van der Waals surface area contributed by atoms with Gasteiger partial charge in [-0.3, -0.25) is 0 Å². The van der Waals surface area contributed by atoms with Crippen LogP contribution in [0.4, 0.5) is 5.69 Å². The molecule has 0 aliphatic carbocycles. The van der Waals surface area contributed by atoms with Crippen LogP contribution < -0.4 is 10.3 Å². The van der Waals surface area contributed by atoms with Crippen molar-refractivity contribution in [2.24, 2.45) is 0 Å². The molecule has 0 atom stereocenters. The van der Waals surface area contributed by atoms with Gasteiger partial charge in [-0.1, -0.05) is 18.2 Å². The molecule has 2 aromatic rings. The molecular formula is C12H13N2+. The second-order valence-corrected chi connectivity index (χ2v) is 3.29. The van der Waals surface area contributed by atoms with Crippen LogP contribution in [0, 0.1) is 0 Å². The van der Waals surface area contributed by atoms with Gasteiger partial charge in [0.2, 0.25) is 0 Å². The topological polar surface area (TPSA) is 29.9 Å². The monoisotopic (exact) mass is 185 g/mol. The highest BCUT2D eigenvalue weighted by atomic mass is 14.9. The van der Waals surface area contributed by atoms with Crippen LogP contribution in [0.2, 0.25) is 0 Å². The first-order valence-electron chi connectivity index (χ1n) is 4.63. The summed E-state index contributed by atoms with van der Waals surface area (Å²) in [5, 5.41) is 0. The Kier molecular flexibility index (Phi) is 2.45. The van der Waals surface area contributed by atoms with Gasteiger partial charge in [0.15, 0.2) is 18.9 Å². The first-order valence-corrected chi connectivity index (χ1v) is 4.63. The van der Waals surface area contributed by atoms with Crippen molar-refractivity contribution in [2.45, 2.75) is 6.54 Å². The minimum atomic E-state index is 0.812. The Labute approximate surface area is 83.6 Å². The Morgan fingerprint density at radius 3 is 2.21 bits per heavy atom. The number of rotatable bonds is 2. The van der Waals surface area contributed by atoms with E-state index in [4.69, 9.17) is 5.73 Å². The van der Waals surface area contributed by atoms with E-state index < -0.39 is 0 Å². The summed E-state index contributed by atoms with van der Waals surface area (Å²) in [5.74, 6) is 0. The van der Waals surface area contributed by atoms with Crippen molar-refractivity contribution in [2.75, 3.05) is 5.73 Å². The van der Waals surface area contributed by atoms with Gasteiger partial charge in [0.05, 0.1) is 0 Å². The number of hydrogen-bond donors (Lipinski definition) is 1. The number of aromatic nitrogens is 1. The summed E-state index contributed by atoms with van der Waals surface area (Å²) in [5.41, 5.74) is 7.68. The zero-order valence-electron chi connectivity index (χ0n) is 7.93. The van der Waals surface area contributed by atoms with Crippen LogP contribution in [-0.2, 0) is 6.54 Å². The largest absolute Gasteiger partial charge is 0.399 e. The van der Waals surface area contributed by atoms with Crippen LogP contribution in [0.5, 0.6) is 0 Å². The van der Waals surface area contributed by atoms with E-state index >= 15 is 0 Å². The molecule has 0 radical (unpaired) electrons. The number of anilines is 1. The van der Waals surface area contributed by atoms with Crippen molar-refractivity contribution in [1.82, 2.24) is 0 Å². The van der Waals surface area contributed by atoms with Crippen LogP contribution >= 0.6 is 0 Å². The Morgan fingerprint density at radius 2 is 1.57 bits per heavy atom. The Morgan fingerprint density at radius 1 is 0.929 bits per heavy atom. The average Bonchev–Trinajstić information content (AvgIpc) is 2.23. The normalized spacial score (nSPS) is 10.0. The number of benzene rings is 1. The quantitative estimate of drug-likeness (QED) is 0.559. The van der Waals surface area contributed by atoms with Gasteiger partial charge in [-0.15, -0.1) is 0 Å². The first kappa shape index (κ1) is 8.75. The van der Waals surface area contributed by atoms with Crippen LogP contribution in [0.1, 0.15) is 5.56 Å². The molecule has 2 N–H and O–H groups in total. The third kappa shape index (κ3) is 2.10. The summed E-state index contributed by atoms with van der Waals surface area (Å²) in [6, 6.07) is 14.0. The molecule has 2 heteroatoms. The Balaban J connectivity index is 2.16. The molecule has 14 heavy (non-hydrogen) atoms. The first-order chi connectivity index (χ1) is 6.84. The minimum absolute atomic E-state index is 0.812. The zero-order valence-corrected chi connectivity index (χ0v) is 7.93. The predicted molar refractivity (Wildman–Crippen MR) is 56.6 cm³/mol. The lowest BCUT2D eigenvalue weighted by Gasteiger charge is -1.97. The molecule has 0 aliphatic rings. The van der Waals surface area contributed by atoms with Gasteiger partial charge in [-0.25, -0.2) is 4.57 Å². The molecule has 70 valence electrons. The molecule has 0 saturated carbocycles. The summed E-state index contributed by atoms with van der Waals surface area (Å²) in [6.45, 7) is 0.890. The zero-order chi connectivity index (χ0) is 9.80. The fraction of sp³-hybridized carbons (Fsp3) is 0.0833. The molecule has 2 rings (SSSR count). The summed E-state index contributed by atoms with van der Waals surface area (Å²) >= 11 is 0. The van der Waals surface area contributed by atoms with Crippen LogP contribution in [0.3, 0.4) is 0 Å². The van der Waals surface area contributed by atoms with Gasteiger partial charge in [-0.05, 0) is 12.1 Å². The predicted octanol–water partition coefficient (Wildman–Crippen LogP) is 1.60. The molecular weight excluding hydrogens is 172 g/mol. The maximum atomic E-state index is 5.61. The number of nitrogen functional groups attached to an aromatic ring is 1. The van der Waals surface area contributed by atoms with Crippen LogP contribution in [0.15, 0.2) is 54.9 Å². The van der Waals surface area contributed by atoms with E-state index in [1.54, 1.807) is 0 Å². The molecule has 0 amide bonds. The molecule has 2 nitrogen and oxygen atoms in total. The van der Waals surface area contributed by atoms with Crippen molar-refractivity contribution in [3.8, 4) is 0 Å². The maximum absolute atomic E-state index is 5.61. The summed E-state index contributed by atoms with van der Waals surface area (Å²) in [6.07, 6.45) is 4.10. The molecule has 1 aromatic heterocycles. The highest BCUT2D eigenvalue weighted by Gasteiger charge is 1.99. The molecule has 0 unspecified atom stereocenters. The molecule has 1 aromatic carbocycles. The van der Waals surface area contributed by atoms with Gasteiger partial charge in [-0.2, -0.15) is 0 Å². The number of nitrogens with zero attached hydrogens (tertiary/aromatic N) is 1. The molecule has 0 saturated heterocycles. The van der Waals surface area contributed by atoms with E-state index in [0.717, 1.165) is 12.2 Å². The third-order valence-electron chi connectivity index (χ3n) is 2.12. The molecule has 0 bridgehead atoms. The van der Waals surface area contributed by atoms with Crippen molar-refractivity contribution in [3.05, 3.63) is 60.4 Å². The van der Waals surface area contributed by atoms with Crippen molar-refractivity contribution in [1.29, 1.82) is 0 Å². The molecule has 1 heterocycles. The smallest absolute Gasteiger partial charge is 0.173 e. The van der Waals surface area contributed by atoms with Gasteiger partial charge in [0.1, 0.15) is 0 Å². The number of pyridine rings is 1. The lowest BCUT2D eigenvalue weighted by Crippen LogP contribution is -2.32. The number of hydrogen-bond acceptors (Lipinski definition) is 1. The van der Waals surface area contributed by atoms with Crippen LogP contribution in [0.25, 0.3) is 0 Å². The van der Waals surface area contributed by atoms with Crippen molar-refractivity contribution < 1.29 is 4.57 Å². The fourth-order valence-corrected chi connectivity index (χ4v) is 1.37. The van der Waals surface area contributed by atoms with E-state index in [1.807, 2.05) is 30.3 Å². The molecule has 0 fully saturated rings. The van der Waals surface area contributed by atoms with E-state index in [0.29, 0.717) is 0 Å². The highest BCUT2D eigenvalue weighted by molar-refractivity contribution is 5.38. The fourth-order valence-electron chi connectivity index (χ4n) is 1.37. The lowest BCUT2D eigenvalue weighted by atomic mass is 10.2. The number of nitrogens with two attached hydrogens (primary N) is 1. The standard InChI is InChI=1S/C12H13N2/c13-12-6-4-11(5-7-12)10-14-8-2-1-3-9-14/h1-9H,10,13H2/q+1. The van der Waals surface area contributed by atoms with Gasteiger partial charge >= 0.3 is 0 Å². The van der Waals surface area contributed by atoms with E-state index in [9.17, 15) is 0 Å². The van der Waals surface area contributed by atoms with Gasteiger partial charge in [0.25, 0.3) is 0 Å². The van der Waals surface area contributed by atoms with Gasteiger partial charge in [0, 0.05) is 23.4 Å². The third-order valence-corrected chi connectivity index (χ3v) is 2.12. The van der Waals surface area contributed by atoms with Gasteiger partial charge < -0.3 is 5.73 Å². The molecule has 0 spiro atoms. The van der Waals surface area contributed by atoms with Crippen molar-refractivity contribution >= 4 is 5.69 Å². The maximum Gasteiger partial charge on any atom is 0.173 e. The summed E-state index contributed by atoms with van der Waals surface area (Å²) in [7, 11) is 0. The Bertz CT molecular complexity index is 392. The van der Waals surface area contributed by atoms with Crippen LogP contribution in [-0.4, -0.2) is 0 Å². The van der Waals surface area contributed by atoms with E-state index in [2.05, 4.69) is 29.1 Å². The van der Waals surface area contributed by atoms with E-state index in [-0.39, 0.29) is 0 Å².